The summed E-state index contributed by atoms with van der Waals surface area (Å²) in [5.74, 6) is 0.557. The first kappa shape index (κ1) is 20.1. The lowest BCUT2D eigenvalue weighted by Gasteiger charge is -2.12. The first-order chi connectivity index (χ1) is 13.2. The zero-order valence-electron chi connectivity index (χ0n) is 15.1. The van der Waals surface area contributed by atoms with Gasteiger partial charge in [0.05, 0.1) is 24.3 Å². The first-order valence-electron chi connectivity index (χ1n) is 8.67. The smallest absolute Gasteiger partial charge is 0.148 e. The molecule has 1 aliphatic rings. The predicted molar refractivity (Wildman–Crippen MR) is 102 cm³/mol. The van der Waals surface area contributed by atoms with Gasteiger partial charge < -0.3 is 23.7 Å². The van der Waals surface area contributed by atoms with Crippen molar-refractivity contribution >= 4 is 15.9 Å². The van der Waals surface area contributed by atoms with Gasteiger partial charge in [0, 0.05) is 25.2 Å². The van der Waals surface area contributed by atoms with Gasteiger partial charge in [0.25, 0.3) is 0 Å². The summed E-state index contributed by atoms with van der Waals surface area (Å²) < 4.78 is 42.2. The number of rotatable bonds is 10. The Kier molecular flexibility index (Phi) is 7.46. The highest BCUT2D eigenvalue weighted by molar-refractivity contribution is 9.10. The van der Waals surface area contributed by atoms with Crippen LogP contribution in [-0.2, 0) is 27.2 Å². The number of ether oxygens (including phenoxy) is 5. The lowest BCUT2D eigenvalue weighted by atomic mass is 10.1. The van der Waals surface area contributed by atoms with E-state index in [4.69, 9.17) is 23.7 Å². The Labute approximate surface area is 166 Å². The van der Waals surface area contributed by atoms with Crippen LogP contribution in [0, 0.1) is 5.82 Å². The fourth-order valence-corrected chi connectivity index (χ4v) is 3.20. The van der Waals surface area contributed by atoms with Gasteiger partial charge in [0.2, 0.25) is 0 Å². The van der Waals surface area contributed by atoms with E-state index in [1.54, 1.807) is 13.2 Å². The molecule has 1 heterocycles. The molecule has 0 amide bonds. The van der Waals surface area contributed by atoms with Gasteiger partial charge in [-0.05, 0) is 21.5 Å². The van der Waals surface area contributed by atoms with Crippen LogP contribution in [0.3, 0.4) is 0 Å². The third-order valence-corrected chi connectivity index (χ3v) is 4.84. The molecule has 0 saturated heterocycles. The minimum Gasteiger partial charge on any atom is -0.487 e. The first-order valence-corrected chi connectivity index (χ1v) is 9.47. The molecule has 1 atom stereocenters. The van der Waals surface area contributed by atoms with Crippen molar-refractivity contribution in [1.29, 1.82) is 0 Å². The van der Waals surface area contributed by atoms with E-state index in [2.05, 4.69) is 15.9 Å². The highest BCUT2D eigenvalue weighted by atomic mass is 79.9. The topological polar surface area (TPSA) is 46.2 Å². The number of benzene rings is 2. The summed E-state index contributed by atoms with van der Waals surface area (Å²) in [5, 5.41) is 0. The Morgan fingerprint density at radius 2 is 2.00 bits per heavy atom. The summed E-state index contributed by atoms with van der Waals surface area (Å²) in [5.41, 5.74) is 1.54. The maximum absolute atomic E-state index is 14.7. The summed E-state index contributed by atoms with van der Waals surface area (Å²) in [6.45, 7) is 1.80. The monoisotopic (exact) mass is 440 g/mol. The van der Waals surface area contributed by atoms with Gasteiger partial charge in [0.15, 0.2) is 0 Å². The predicted octanol–water partition coefficient (Wildman–Crippen LogP) is 4.11. The molecule has 0 saturated carbocycles. The quantitative estimate of drug-likeness (QED) is 0.410. The number of fused-ring (bicyclic) bond motifs is 1. The van der Waals surface area contributed by atoms with Crippen LogP contribution < -0.4 is 9.47 Å². The molecule has 2 aromatic rings. The second-order valence-corrected chi connectivity index (χ2v) is 6.88. The standard InChI is InChI=1S/C20H22BrFO5/c1-23-7-8-24-13-25-12-15-9-16-17(27-15)10-18(19(21)20(16)22)26-11-14-5-3-2-4-6-14/h2-6,10,15H,7-9,11-13H2,1H3/t15-/m1/s1. The molecule has 2 aromatic carbocycles. The summed E-state index contributed by atoms with van der Waals surface area (Å²) >= 11 is 3.30. The molecular weight excluding hydrogens is 419 g/mol. The van der Waals surface area contributed by atoms with Crippen LogP contribution in [0.1, 0.15) is 11.1 Å². The lowest BCUT2D eigenvalue weighted by molar-refractivity contribution is -0.0811. The van der Waals surface area contributed by atoms with Crippen molar-refractivity contribution in [2.45, 2.75) is 19.1 Å². The number of halogens is 2. The SMILES string of the molecule is COCCOCOC[C@H]1Cc2c(cc(OCc3ccccc3)c(Br)c2F)O1. The van der Waals surface area contributed by atoms with Gasteiger partial charge in [-0.3, -0.25) is 0 Å². The minimum atomic E-state index is -0.352. The van der Waals surface area contributed by atoms with Crippen LogP contribution in [-0.4, -0.2) is 39.8 Å². The van der Waals surface area contributed by atoms with Crippen molar-refractivity contribution in [2.24, 2.45) is 0 Å². The van der Waals surface area contributed by atoms with Gasteiger partial charge in [-0.1, -0.05) is 30.3 Å². The van der Waals surface area contributed by atoms with Crippen molar-refractivity contribution in [3.8, 4) is 11.5 Å². The largest absolute Gasteiger partial charge is 0.487 e. The van der Waals surface area contributed by atoms with Crippen molar-refractivity contribution in [2.75, 3.05) is 33.7 Å². The van der Waals surface area contributed by atoms with E-state index >= 15 is 0 Å². The van der Waals surface area contributed by atoms with E-state index in [0.29, 0.717) is 54.4 Å². The van der Waals surface area contributed by atoms with Gasteiger partial charge in [0.1, 0.15) is 36.8 Å². The van der Waals surface area contributed by atoms with E-state index < -0.39 is 0 Å². The normalized spacial score (nSPS) is 15.4. The Balaban J connectivity index is 1.55. The van der Waals surface area contributed by atoms with Gasteiger partial charge in [-0.25, -0.2) is 4.39 Å². The molecule has 146 valence electrons. The minimum absolute atomic E-state index is 0.150. The highest BCUT2D eigenvalue weighted by Crippen LogP contribution is 2.41. The Morgan fingerprint density at radius 1 is 1.19 bits per heavy atom. The van der Waals surface area contributed by atoms with Gasteiger partial charge in [-0.15, -0.1) is 0 Å². The molecule has 7 heteroatoms. The third kappa shape index (κ3) is 5.42. The highest BCUT2D eigenvalue weighted by Gasteiger charge is 2.29. The third-order valence-electron chi connectivity index (χ3n) is 4.10. The fourth-order valence-electron chi connectivity index (χ4n) is 2.74. The van der Waals surface area contributed by atoms with E-state index in [0.717, 1.165) is 5.56 Å². The molecule has 0 spiro atoms. The number of hydrogen-bond acceptors (Lipinski definition) is 5. The van der Waals surface area contributed by atoms with Crippen molar-refractivity contribution in [3.63, 3.8) is 0 Å². The van der Waals surface area contributed by atoms with Crippen LogP contribution in [0.5, 0.6) is 11.5 Å². The second kappa shape index (κ2) is 10.0. The van der Waals surface area contributed by atoms with Crippen molar-refractivity contribution in [3.05, 3.63) is 57.8 Å². The van der Waals surface area contributed by atoms with Crippen LogP contribution in [0.2, 0.25) is 0 Å². The van der Waals surface area contributed by atoms with Crippen molar-refractivity contribution < 1.29 is 28.1 Å². The summed E-state index contributed by atoms with van der Waals surface area (Å²) in [7, 11) is 1.61. The zero-order valence-corrected chi connectivity index (χ0v) is 16.7. The number of hydrogen-bond donors (Lipinski definition) is 0. The average Bonchev–Trinajstić information content (AvgIpc) is 3.10. The molecule has 3 rings (SSSR count). The molecule has 5 nitrogen and oxygen atoms in total. The fraction of sp³-hybridized carbons (Fsp3) is 0.400. The van der Waals surface area contributed by atoms with Crippen molar-refractivity contribution in [1.82, 2.24) is 0 Å². The summed E-state index contributed by atoms with van der Waals surface area (Å²) in [6, 6.07) is 11.4. The maximum atomic E-state index is 14.7. The molecule has 0 radical (unpaired) electrons. The van der Waals surface area contributed by atoms with Crippen LogP contribution in [0.4, 0.5) is 4.39 Å². The molecule has 1 aliphatic heterocycles. The molecule has 0 fully saturated rings. The maximum Gasteiger partial charge on any atom is 0.148 e. The Bertz CT molecular complexity index is 741. The van der Waals surface area contributed by atoms with E-state index in [1.165, 1.54) is 0 Å². The van der Waals surface area contributed by atoms with Crippen LogP contribution >= 0.6 is 15.9 Å². The molecular formula is C20H22BrFO5. The van der Waals surface area contributed by atoms with Crippen LogP contribution in [0.15, 0.2) is 40.9 Å². The Morgan fingerprint density at radius 3 is 2.78 bits per heavy atom. The van der Waals surface area contributed by atoms with E-state index in [1.807, 2.05) is 30.3 Å². The molecule has 0 bridgehead atoms. The molecule has 27 heavy (non-hydrogen) atoms. The second-order valence-electron chi connectivity index (χ2n) is 6.09. The number of methoxy groups -OCH3 is 1. The van der Waals surface area contributed by atoms with E-state index in [-0.39, 0.29) is 18.7 Å². The molecule has 0 aliphatic carbocycles. The Hall–Kier alpha value is -1.67. The molecule has 0 N–H and O–H groups in total. The van der Waals surface area contributed by atoms with Gasteiger partial charge in [-0.2, -0.15) is 0 Å². The van der Waals surface area contributed by atoms with E-state index in [9.17, 15) is 4.39 Å². The van der Waals surface area contributed by atoms with Crippen LogP contribution in [0.25, 0.3) is 0 Å². The van der Waals surface area contributed by atoms with Gasteiger partial charge >= 0.3 is 0 Å². The lowest BCUT2D eigenvalue weighted by Crippen LogP contribution is -2.21. The average molecular weight is 441 g/mol. The summed E-state index contributed by atoms with van der Waals surface area (Å²) in [6.07, 6.45) is 0.188. The molecule has 0 aromatic heterocycles. The molecule has 0 unspecified atom stereocenters. The zero-order chi connectivity index (χ0) is 19.1. The summed E-state index contributed by atoms with van der Waals surface area (Å²) in [4.78, 5) is 0.